The Hall–Kier alpha value is -1.71. The highest BCUT2D eigenvalue weighted by molar-refractivity contribution is 7.93. The number of hydrazine groups is 1. The highest BCUT2D eigenvalue weighted by Crippen LogP contribution is 2.20. The molecule has 0 radical (unpaired) electrons. The minimum absolute atomic E-state index is 0.0679. The fourth-order valence-electron chi connectivity index (χ4n) is 1.23. The normalized spacial score (nSPS) is 11.2. The molecular formula is C9H11N5O2S2. The maximum absolute atomic E-state index is 12.0. The van der Waals surface area contributed by atoms with Crippen molar-refractivity contribution in [2.45, 2.75) is 11.8 Å². The van der Waals surface area contributed by atoms with Crippen LogP contribution in [0, 0.1) is 6.92 Å². The van der Waals surface area contributed by atoms with Crippen LogP contribution in [-0.2, 0) is 10.0 Å². The number of aryl methyl sites for hydroxylation is 1. The van der Waals surface area contributed by atoms with Crippen molar-refractivity contribution in [3.05, 3.63) is 29.4 Å². The van der Waals surface area contributed by atoms with Gasteiger partial charge in [0.1, 0.15) is 5.82 Å². The fraction of sp³-hybridized carbons (Fsp3) is 0.111. The fourth-order valence-corrected chi connectivity index (χ4v) is 3.19. The molecule has 2 rings (SSSR count). The number of hydrogen-bond acceptors (Lipinski definition) is 7. The zero-order valence-corrected chi connectivity index (χ0v) is 11.0. The van der Waals surface area contributed by atoms with Gasteiger partial charge in [0.2, 0.25) is 0 Å². The van der Waals surface area contributed by atoms with Gasteiger partial charge in [0.25, 0.3) is 10.0 Å². The summed E-state index contributed by atoms with van der Waals surface area (Å²) in [7, 11) is -3.67. The van der Waals surface area contributed by atoms with Crippen LogP contribution in [0.3, 0.4) is 0 Å². The smallest absolute Gasteiger partial charge is 0.263 e. The molecule has 0 fully saturated rings. The molecule has 0 atom stereocenters. The van der Waals surface area contributed by atoms with Gasteiger partial charge in [0, 0.05) is 17.6 Å². The SMILES string of the molecule is Cc1csc(NS(=O)(=O)c2ccnc(NN)c2)n1. The molecule has 0 aliphatic rings. The van der Waals surface area contributed by atoms with E-state index in [-0.39, 0.29) is 10.7 Å². The van der Waals surface area contributed by atoms with E-state index >= 15 is 0 Å². The second kappa shape index (κ2) is 4.88. The molecule has 2 aromatic heterocycles. The van der Waals surface area contributed by atoms with Crippen molar-refractivity contribution < 1.29 is 8.42 Å². The van der Waals surface area contributed by atoms with Crippen molar-refractivity contribution in [3.8, 4) is 0 Å². The number of aromatic nitrogens is 2. The maximum Gasteiger partial charge on any atom is 0.263 e. The first-order chi connectivity index (χ1) is 8.51. The van der Waals surface area contributed by atoms with Crippen LogP contribution in [0.15, 0.2) is 28.6 Å². The van der Waals surface area contributed by atoms with Crippen molar-refractivity contribution in [1.29, 1.82) is 0 Å². The van der Waals surface area contributed by atoms with E-state index in [1.165, 1.54) is 29.7 Å². The number of hydrogen-bond donors (Lipinski definition) is 3. The summed E-state index contributed by atoms with van der Waals surface area (Å²) in [5.41, 5.74) is 3.05. The molecule has 0 aliphatic carbocycles. The number of nitrogens with one attached hydrogen (secondary N) is 2. The van der Waals surface area contributed by atoms with Gasteiger partial charge in [-0.2, -0.15) is 0 Å². The van der Waals surface area contributed by atoms with Gasteiger partial charge < -0.3 is 5.43 Å². The first kappa shape index (κ1) is 12.7. The number of nitrogen functional groups attached to an aromatic ring is 1. The summed E-state index contributed by atoms with van der Waals surface area (Å²) in [6.07, 6.45) is 1.36. The van der Waals surface area contributed by atoms with Crippen molar-refractivity contribution in [1.82, 2.24) is 9.97 Å². The molecule has 18 heavy (non-hydrogen) atoms. The second-order valence-electron chi connectivity index (χ2n) is 3.42. The number of thiazole rings is 1. The quantitative estimate of drug-likeness (QED) is 0.569. The third kappa shape index (κ3) is 2.75. The molecule has 0 amide bonds. The van der Waals surface area contributed by atoms with Crippen LogP contribution in [-0.4, -0.2) is 18.4 Å². The van der Waals surface area contributed by atoms with Gasteiger partial charge in [0.05, 0.1) is 10.6 Å². The Morgan fingerprint density at radius 1 is 1.44 bits per heavy atom. The summed E-state index contributed by atoms with van der Waals surface area (Å²) < 4.78 is 26.5. The predicted octanol–water partition coefficient (Wildman–Crippen LogP) is 0.933. The summed E-state index contributed by atoms with van der Waals surface area (Å²) in [5.74, 6) is 5.45. The lowest BCUT2D eigenvalue weighted by Crippen LogP contribution is -2.14. The molecule has 0 spiro atoms. The number of nitrogens with zero attached hydrogens (tertiary/aromatic N) is 2. The largest absolute Gasteiger partial charge is 0.308 e. The lowest BCUT2D eigenvalue weighted by molar-refractivity contribution is 0.601. The Bertz CT molecular complexity index is 652. The monoisotopic (exact) mass is 285 g/mol. The van der Waals surface area contributed by atoms with Gasteiger partial charge in [0.15, 0.2) is 5.13 Å². The number of nitrogens with two attached hydrogens (primary N) is 1. The van der Waals surface area contributed by atoms with Gasteiger partial charge in [-0.1, -0.05) is 0 Å². The van der Waals surface area contributed by atoms with Crippen molar-refractivity contribution in [2.75, 3.05) is 10.1 Å². The van der Waals surface area contributed by atoms with Crippen molar-refractivity contribution >= 4 is 32.3 Å². The average molecular weight is 285 g/mol. The van der Waals surface area contributed by atoms with Crippen molar-refractivity contribution in [2.24, 2.45) is 5.84 Å². The van der Waals surface area contributed by atoms with Crippen LogP contribution in [0.5, 0.6) is 0 Å². The molecule has 0 saturated heterocycles. The molecule has 9 heteroatoms. The Kier molecular flexibility index (Phi) is 3.45. The summed E-state index contributed by atoms with van der Waals surface area (Å²) in [5, 5.41) is 2.09. The highest BCUT2D eigenvalue weighted by atomic mass is 32.2. The van der Waals surface area contributed by atoms with Gasteiger partial charge in [-0.15, -0.1) is 11.3 Å². The molecule has 96 valence electrons. The van der Waals surface area contributed by atoms with Gasteiger partial charge in [-0.25, -0.2) is 24.2 Å². The lowest BCUT2D eigenvalue weighted by Gasteiger charge is -2.06. The maximum atomic E-state index is 12.0. The highest BCUT2D eigenvalue weighted by Gasteiger charge is 2.16. The molecule has 4 N–H and O–H groups in total. The number of anilines is 2. The zero-order valence-electron chi connectivity index (χ0n) is 9.41. The topological polar surface area (TPSA) is 110 Å². The predicted molar refractivity (Wildman–Crippen MR) is 69.7 cm³/mol. The summed E-state index contributed by atoms with van der Waals surface area (Å²) in [6, 6.07) is 2.71. The molecule has 0 bridgehead atoms. The van der Waals surface area contributed by atoms with E-state index < -0.39 is 10.0 Å². The summed E-state index contributed by atoms with van der Waals surface area (Å²) in [4.78, 5) is 7.95. The van der Waals surface area contributed by atoms with Gasteiger partial charge >= 0.3 is 0 Å². The minimum atomic E-state index is -3.67. The Balaban J connectivity index is 2.30. The zero-order chi connectivity index (χ0) is 13.2. The Labute approximate surface area is 108 Å². The van der Waals surface area contributed by atoms with Crippen LogP contribution in [0.25, 0.3) is 0 Å². The van der Waals surface area contributed by atoms with Gasteiger partial charge in [-0.3, -0.25) is 4.72 Å². The average Bonchev–Trinajstić information content (AvgIpc) is 2.74. The molecule has 2 aromatic rings. The molecular weight excluding hydrogens is 274 g/mol. The van der Waals surface area contributed by atoms with Crippen LogP contribution in [0.2, 0.25) is 0 Å². The molecule has 0 aliphatic heterocycles. The number of rotatable bonds is 4. The van der Waals surface area contributed by atoms with Crippen molar-refractivity contribution in [3.63, 3.8) is 0 Å². The van der Waals surface area contributed by atoms with Crippen LogP contribution in [0.4, 0.5) is 10.9 Å². The Morgan fingerprint density at radius 3 is 2.83 bits per heavy atom. The summed E-state index contributed by atoms with van der Waals surface area (Å²) in [6.45, 7) is 1.79. The van der Waals surface area contributed by atoms with Crippen LogP contribution < -0.4 is 16.0 Å². The number of sulfonamides is 1. The minimum Gasteiger partial charge on any atom is -0.308 e. The third-order valence-corrected chi connectivity index (χ3v) is 4.37. The molecule has 7 nitrogen and oxygen atoms in total. The van der Waals surface area contributed by atoms with E-state index in [0.29, 0.717) is 5.13 Å². The van der Waals surface area contributed by atoms with Crippen LogP contribution in [0.1, 0.15) is 5.69 Å². The first-order valence-corrected chi connectivity index (χ1v) is 7.25. The molecule has 0 aromatic carbocycles. The van der Waals surface area contributed by atoms with E-state index in [1.807, 2.05) is 0 Å². The summed E-state index contributed by atoms with van der Waals surface area (Å²) >= 11 is 1.22. The first-order valence-electron chi connectivity index (χ1n) is 4.89. The third-order valence-electron chi connectivity index (χ3n) is 2.03. The standard InChI is InChI=1S/C9H11N5O2S2/c1-6-5-17-9(12-6)14-18(15,16)7-2-3-11-8(4-7)13-10/h2-5H,10H2,1H3,(H,11,13)(H,12,14). The van der Waals surface area contributed by atoms with Gasteiger partial charge in [-0.05, 0) is 13.0 Å². The van der Waals surface area contributed by atoms with Crippen LogP contribution >= 0.6 is 11.3 Å². The van der Waals surface area contributed by atoms with E-state index in [2.05, 4.69) is 20.1 Å². The van der Waals surface area contributed by atoms with E-state index in [1.54, 1.807) is 12.3 Å². The van der Waals surface area contributed by atoms with E-state index in [9.17, 15) is 8.42 Å². The Morgan fingerprint density at radius 2 is 2.22 bits per heavy atom. The van der Waals surface area contributed by atoms with E-state index in [4.69, 9.17) is 5.84 Å². The van der Waals surface area contributed by atoms with E-state index in [0.717, 1.165) is 5.69 Å². The number of pyridine rings is 1. The second-order valence-corrected chi connectivity index (χ2v) is 5.96. The molecule has 0 unspecified atom stereocenters. The molecule has 0 saturated carbocycles. The molecule has 2 heterocycles. The lowest BCUT2D eigenvalue weighted by atomic mass is 10.5.